The molecular weight excluding hydrogens is 312 g/mol. The van der Waals surface area contributed by atoms with E-state index in [2.05, 4.69) is 51.1 Å². The maximum absolute atomic E-state index is 13.2. The molecule has 2 bridgehead atoms. The zero-order chi connectivity index (χ0) is 17.6. The lowest BCUT2D eigenvalue weighted by molar-refractivity contribution is -0.148. The summed E-state index contributed by atoms with van der Waals surface area (Å²) in [7, 11) is 0. The van der Waals surface area contributed by atoms with Gasteiger partial charge in [0.25, 0.3) is 0 Å². The van der Waals surface area contributed by atoms with Gasteiger partial charge in [0.1, 0.15) is 0 Å². The monoisotopic (exact) mass is 340 g/mol. The van der Waals surface area contributed by atoms with Gasteiger partial charge < -0.3 is 9.64 Å². The Hall–Kier alpha value is -1.68. The molecule has 4 nitrogen and oxygen atoms in total. The van der Waals surface area contributed by atoms with Crippen LogP contribution in [0.5, 0.6) is 0 Å². The summed E-state index contributed by atoms with van der Waals surface area (Å²) < 4.78 is 6.47. The fourth-order valence-corrected chi connectivity index (χ4v) is 5.05. The molecule has 5 atom stereocenters. The van der Waals surface area contributed by atoms with Crippen molar-refractivity contribution < 1.29 is 9.53 Å². The van der Waals surface area contributed by atoms with E-state index in [9.17, 15) is 4.79 Å². The van der Waals surface area contributed by atoms with Gasteiger partial charge in [-0.1, -0.05) is 50.6 Å². The van der Waals surface area contributed by atoms with E-state index >= 15 is 0 Å². The first-order chi connectivity index (χ1) is 12.1. The Bertz CT molecular complexity index is 686. The summed E-state index contributed by atoms with van der Waals surface area (Å²) in [5, 5.41) is 0. The second-order valence-electron chi connectivity index (χ2n) is 7.69. The third-order valence-corrected chi connectivity index (χ3v) is 6.36. The van der Waals surface area contributed by atoms with E-state index in [1.807, 2.05) is 4.90 Å². The molecular formula is C21H28N2O2. The smallest absolute Gasteiger partial charge is 0.228 e. The number of carbonyl (C=O) groups excluding carboxylic acids is 1. The second-order valence-corrected chi connectivity index (χ2v) is 7.69. The van der Waals surface area contributed by atoms with Gasteiger partial charge in [0.05, 0.1) is 5.71 Å². The minimum atomic E-state index is -0.575. The Labute approximate surface area is 150 Å². The van der Waals surface area contributed by atoms with Gasteiger partial charge in [-0.25, -0.2) is 0 Å². The van der Waals surface area contributed by atoms with Crippen molar-refractivity contribution in [3.05, 3.63) is 35.9 Å². The van der Waals surface area contributed by atoms with E-state index in [1.54, 1.807) is 0 Å². The first-order valence-corrected chi connectivity index (χ1v) is 9.72. The lowest BCUT2D eigenvalue weighted by Gasteiger charge is -2.37. The zero-order valence-corrected chi connectivity index (χ0v) is 15.4. The van der Waals surface area contributed by atoms with Crippen molar-refractivity contribution in [3.8, 4) is 0 Å². The summed E-state index contributed by atoms with van der Waals surface area (Å²) in [6.45, 7) is 7.13. The van der Waals surface area contributed by atoms with Crippen LogP contribution in [0.3, 0.4) is 0 Å². The van der Waals surface area contributed by atoms with Crippen molar-refractivity contribution in [1.82, 2.24) is 4.90 Å². The number of likely N-dealkylation sites (tertiary alicyclic amines) is 1. The lowest BCUT2D eigenvalue weighted by Crippen LogP contribution is -2.52. The van der Waals surface area contributed by atoms with Gasteiger partial charge >= 0.3 is 0 Å². The Kier molecular flexibility index (Phi) is 4.19. The highest BCUT2D eigenvalue weighted by Crippen LogP contribution is 2.52. The summed E-state index contributed by atoms with van der Waals surface area (Å²) >= 11 is 0. The molecule has 1 aromatic rings. The molecule has 1 saturated heterocycles. The largest absolute Gasteiger partial charge is 0.325 e. The van der Waals surface area contributed by atoms with Crippen molar-refractivity contribution in [2.75, 3.05) is 6.54 Å². The number of fused-ring (bicyclic) bond motifs is 1. The first-order valence-electron chi connectivity index (χ1n) is 9.72. The number of benzene rings is 1. The molecule has 134 valence electrons. The molecule has 4 rings (SSSR count). The average molecular weight is 340 g/mol. The number of hydrogen-bond acceptors (Lipinski definition) is 3. The molecule has 0 N–H and O–H groups in total. The SMILES string of the molecule is CCC[C@@H]1N=C2C[C@H](c3ccccc3)[C@@H](C)C3C[C@@]2(O1)N(CC)C3=O. The number of ether oxygens (including phenoxy) is 1. The van der Waals surface area contributed by atoms with Crippen molar-refractivity contribution >= 4 is 11.6 Å². The van der Waals surface area contributed by atoms with E-state index in [1.165, 1.54) is 5.56 Å². The third kappa shape index (κ3) is 2.45. The zero-order valence-electron chi connectivity index (χ0n) is 15.4. The molecule has 1 aromatic carbocycles. The Balaban J connectivity index is 1.77. The van der Waals surface area contributed by atoms with Crippen molar-refractivity contribution in [1.29, 1.82) is 0 Å². The highest BCUT2D eigenvalue weighted by molar-refractivity contribution is 6.01. The maximum atomic E-state index is 13.2. The van der Waals surface area contributed by atoms with Gasteiger partial charge in [0.15, 0.2) is 12.0 Å². The normalized spacial score (nSPS) is 37.0. The molecule has 2 heterocycles. The van der Waals surface area contributed by atoms with Crippen LogP contribution in [0.15, 0.2) is 35.3 Å². The predicted octanol–water partition coefficient (Wildman–Crippen LogP) is 3.97. The van der Waals surface area contributed by atoms with Crippen LogP contribution in [0.1, 0.15) is 57.9 Å². The van der Waals surface area contributed by atoms with Gasteiger partial charge in [0, 0.05) is 18.9 Å². The van der Waals surface area contributed by atoms with Gasteiger partial charge in [-0.15, -0.1) is 0 Å². The van der Waals surface area contributed by atoms with Crippen LogP contribution >= 0.6 is 0 Å². The molecule has 1 spiro atoms. The first kappa shape index (κ1) is 16.8. The van der Waals surface area contributed by atoms with Gasteiger partial charge in [0.2, 0.25) is 5.91 Å². The average Bonchev–Trinajstić information content (AvgIpc) is 3.06. The summed E-state index contributed by atoms with van der Waals surface area (Å²) in [4.78, 5) is 20.1. The Morgan fingerprint density at radius 1 is 1.24 bits per heavy atom. The number of amides is 1. The van der Waals surface area contributed by atoms with Crippen LogP contribution in [-0.2, 0) is 9.53 Å². The summed E-state index contributed by atoms with van der Waals surface area (Å²) in [5.41, 5.74) is 1.84. The molecule has 0 aromatic heterocycles. The molecule has 25 heavy (non-hydrogen) atoms. The molecule has 1 aliphatic carbocycles. The number of rotatable bonds is 4. The fraction of sp³-hybridized carbons (Fsp3) is 0.619. The minimum absolute atomic E-state index is 0.0261. The highest BCUT2D eigenvalue weighted by atomic mass is 16.6. The van der Waals surface area contributed by atoms with Crippen LogP contribution < -0.4 is 0 Å². The van der Waals surface area contributed by atoms with Crippen molar-refractivity contribution in [2.45, 2.75) is 64.3 Å². The van der Waals surface area contributed by atoms with Gasteiger partial charge in [-0.05, 0) is 37.2 Å². The molecule has 1 amide bonds. The van der Waals surface area contributed by atoms with Crippen LogP contribution in [-0.4, -0.2) is 35.0 Å². The third-order valence-electron chi connectivity index (χ3n) is 6.36. The number of nitrogens with zero attached hydrogens (tertiary/aromatic N) is 2. The van der Waals surface area contributed by atoms with Crippen LogP contribution in [0.4, 0.5) is 0 Å². The maximum Gasteiger partial charge on any atom is 0.228 e. The van der Waals surface area contributed by atoms with E-state index in [4.69, 9.17) is 9.73 Å². The minimum Gasteiger partial charge on any atom is -0.325 e. The highest BCUT2D eigenvalue weighted by Gasteiger charge is 2.61. The number of hydrogen-bond donors (Lipinski definition) is 0. The molecule has 2 aliphatic heterocycles. The van der Waals surface area contributed by atoms with Crippen molar-refractivity contribution in [3.63, 3.8) is 0 Å². The van der Waals surface area contributed by atoms with E-state index in [0.29, 0.717) is 18.4 Å². The molecule has 1 unspecified atom stereocenters. The van der Waals surface area contributed by atoms with Gasteiger partial charge in [-0.2, -0.15) is 0 Å². The van der Waals surface area contributed by atoms with E-state index in [0.717, 1.165) is 31.4 Å². The quantitative estimate of drug-likeness (QED) is 0.832. The van der Waals surface area contributed by atoms with Crippen LogP contribution in [0, 0.1) is 11.8 Å². The van der Waals surface area contributed by atoms with Gasteiger partial charge in [-0.3, -0.25) is 9.79 Å². The molecule has 4 heteroatoms. The topological polar surface area (TPSA) is 41.9 Å². The molecule has 1 saturated carbocycles. The number of carbonyl (C=O) groups is 1. The molecule has 3 aliphatic rings. The number of aliphatic imine (C=N–C) groups is 1. The van der Waals surface area contributed by atoms with E-state index < -0.39 is 5.72 Å². The summed E-state index contributed by atoms with van der Waals surface area (Å²) in [6.07, 6.45) is 3.53. The molecule has 2 fully saturated rings. The molecule has 0 radical (unpaired) electrons. The standard InChI is InChI=1S/C21H28N2O2/c1-4-9-19-22-18-12-16(15-10-7-6-8-11-15)14(3)17-13-21(18,25-19)23(5-2)20(17)24/h6-8,10-11,14,16-17,19H,4-5,9,12-13H2,1-3H3/t14-,16+,17?,19-,21+/m1/s1. The fourth-order valence-electron chi connectivity index (χ4n) is 5.05. The van der Waals surface area contributed by atoms with Crippen LogP contribution in [0.25, 0.3) is 0 Å². The second kappa shape index (κ2) is 6.24. The Morgan fingerprint density at radius 2 is 2.00 bits per heavy atom. The lowest BCUT2D eigenvalue weighted by atomic mass is 9.78. The van der Waals surface area contributed by atoms with E-state index in [-0.39, 0.29) is 18.1 Å². The Morgan fingerprint density at radius 3 is 2.68 bits per heavy atom. The van der Waals surface area contributed by atoms with Crippen molar-refractivity contribution in [2.24, 2.45) is 16.8 Å². The summed E-state index contributed by atoms with van der Waals surface area (Å²) in [5.74, 6) is 0.905. The summed E-state index contributed by atoms with van der Waals surface area (Å²) in [6, 6.07) is 10.6. The predicted molar refractivity (Wildman–Crippen MR) is 98.4 cm³/mol. The van der Waals surface area contributed by atoms with Crippen LogP contribution in [0.2, 0.25) is 0 Å².